The van der Waals surface area contributed by atoms with E-state index < -0.39 is 6.10 Å². The Kier molecular flexibility index (Phi) is 8.59. The van der Waals surface area contributed by atoms with Crippen LogP contribution in [0.2, 0.25) is 10.6 Å². The van der Waals surface area contributed by atoms with Gasteiger partial charge in [-0.3, -0.25) is 0 Å². The molecule has 1 aliphatic rings. The fourth-order valence-electron chi connectivity index (χ4n) is 1.66. The van der Waals surface area contributed by atoms with Crippen molar-refractivity contribution in [2.45, 2.75) is 68.3 Å². The van der Waals surface area contributed by atoms with Crippen molar-refractivity contribution in [1.29, 1.82) is 0 Å². The predicted molar refractivity (Wildman–Crippen MR) is 70.4 cm³/mol. The standard InChI is InChI=1S/C12H22O3Se2/c1-2-3-4-5-6-7-12(14)15-11-9-17-16-8-10(11)13/h10-11,13H,2-9H2,1H3/t10-,11-/m1/s1. The monoisotopic (exact) mass is 374 g/mol. The van der Waals surface area contributed by atoms with Gasteiger partial charge < -0.3 is 0 Å². The summed E-state index contributed by atoms with van der Waals surface area (Å²) in [4.78, 5) is 11.6. The normalized spacial score (nSPS) is 24.6. The maximum absolute atomic E-state index is 11.6. The summed E-state index contributed by atoms with van der Waals surface area (Å²) < 4.78 is 5.35. The molecule has 5 heteroatoms. The van der Waals surface area contributed by atoms with Gasteiger partial charge in [0.2, 0.25) is 0 Å². The van der Waals surface area contributed by atoms with Gasteiger partial charge in [-0.1, -0.05) is 0 Å². The molecule has 0 aliphatic carbocycles. The van der Waals surface area contributed by atoms with Gasteiger partial charge in [-0.15, -0.1) is 0 Å². The van der Waals surface area contributed by atoms with E-state index >= 15 is 0 Å². The fraction of sp³-hybridized carbons (Fsp3) is 0.917. The average molecular weight is 372 g/mol. The van der Waals surface area contributed by atoms with Crippen LogP contribution in [0.15, 0.2) is 0 Å². The Balaban J connectivity index is 2.07. The van der Waals surface area contributed by atoms with Crippen molar-refractivity contribution in [3.63, 3.8) is 0 Å². The molecule has 0 aromatic carbocycles. The fourth-order valence-corrected chi connectivity index (χ4v) is 8.78. The van der Waals surface area contributed by atoms with Gasteiger partial charge in [0.1, 0.15) is 0 Å². The van der Waals surface area contributed by atoms with Crippen LogP contribution in [0, 0.1) is 0 Å². The van der Waals surface area contributed by atoms with Crippen molar-refractivity contribution >= 4 is 32.2 Å². The van der Waals surface area contributed by atoms with Crippen LogP contribution < -0.4 is 0 Å². The molecule has 0 aromatic heterocycles. The number of carbonyl (C=O) groups excluding carboxylic acids is 1. The molecule has 0 amide bonds. The predicted octanol–water partition coefficient (Wildman–Crippen LogP) is 1.79. The zero-order chi connectivity index (χ0) is 12.5. The Labute approximate surface area is 115 Å². The third-order valence-electron chi connectivity index (χ3n) is 2.75. The van der Waals surface area contributed by atoms with Crippen LogP contribution in [0.4, 0.5) is 0 Å². The van der Waals surface area contributed by atoms with Gasteiger partial charge in [-0.25, -0.2) is 0 Å². The van der Waals surface area contributed by atoms with Crippen molar-refractivity contribution < 1.29 is 14.6 Å². The van der Waals surface area contributed by atoms with Gasteiger partial charge in [-0.2, -0.15) is 0 Å². The Morgan fingerprint density at radius 1 is 1.24 bits per heavy atom. The van der Waals surface area contributed by atoms with E-state index in [1.54, 1.807) is 0 Å². The van der Waals surface area contributed by atoms with Gasteiger partial charge in [0.05, 0.1) is 0 Å². The summed E-state index contributed by atoms with van der Waals surface area (Å²) in [7, 11) is 0. The van der Waals surface area contributed by atoms with Crippen molar-refractivity contribution in [1.82, 2.24) is 0 Å². The van der Waals surface area contributed by atoms with Crippen molar-refractivity contribution in [3.8, 4) is 0 Å². The summed E-state index contributed by atoms with van der Waals surface area (Å²) in [5.41, 5.74) is 0. The molecule has 2 atom stereocenters. The maximum atomic E-state index is 11.6. The Morgan fingerprint density at radius 2 is 1.94 bits per heavy atom. The van der Waals surface area contributed by atoms with Crippen LogP contribution in [0.5, 0.6) is 0 Å². The van der Waals surface area contributed by atoms with Crippen molar-refractivity contribution in [3.05, 3.63) is 0 Å². The van der Waals surface area contributed by atoms with E-state index in [9.17, 15) is 9.90 Å². The Hall–Kier alpha value is 0.469. The van der Waals surface area contributed by atoms with Gasteiger partial charge in [0.15, 0.2) is 0 Å². The number of aliphatic hydroxyl groups excluding tert-OH is 1. The number of ether oxygens (including phenoxy) is 1. The molecule has 0 spiro atoms. The molecule has 3 nitrogen and oxygen atoms in total. The first-order chi connectivity index (χ1) is 8.24. The van der Waals surface area contributed by atoms with E-state index in [0.29, 0.717) is 32.7 Å². The van der Waals surface area contributed by atoms with E-state index in [0.717, 1.165) is 23.5 Å². The quantitative estimate of drug-likeness (QED) is 0.421. The molecule has 0 bridgehead atoms. The summed E-state index contributed by atoms with van der Waals surface area (Å²) in [6.45, 7) is 2.18. The first-order valence-electron chi connectivity index (χ1n) is 6.36. The molecule has 0 saturated carbocycles. The van der Waals surface area contributed by atoms with E-state index in [1.165, 1.54) is 19.3 Å². The molecule has 0 unspecified atom stereocenters. The number of rotatable bonds is 7. The molecule has 0 radical (unpaired) electrons. The van der Waals surface area contributed by atoms with Gasteiger partial charge in [0, 0.05) is 0 Å². The van der Waals surface area contributed by atoms with Gasteiger partial charge >= 0.3 is 115 Å². The van der Waals surface area contributed by atoms with Gasteiger partial charge in [0.25, 0.3) is 0 Å². The minimum atomic E-state index is -0.394. The van der Waals surface area contributed by atoms with Crippen molar-refractivity contribution in [2.24, 2.45) is 0 Å². The third-order valence-corrected chi connectivity index (χ3v) is 9.86. The molecule has 1 saturated heterocycles. The molecule has 1 fully saturated rings. The summed E-state index contributed by atoms with van der Waals surface area (Å²) in [5.74, 6) is -0.115. The molecule has 1 aliphatic heterocycles. The number of hydrogen-bond donors (Lipinski definition) is 1. The Bertz CT molecular complexity index is 224. The second-order valence-corrected chi connectivity index (χ2v) is 11.9. The number of esters is 1. The number of aliphatic hydroxyl groups is 1. The molecular formula is C12H22O3Se2. The van der Waals surface area contributed by atoms with Crippen LogP contribution in [-0.4, -0.2) is 49.5 Å². The molecule has 100 valence electrons. The molecule has 1 heterocycles. The molecule has 17 heavy (non-hydrogen) atoms. The second-order valence-electron chi connectivity index (χ2n) is 4.33. The first-order valence-corrected chi connectivity index (χ1v) is 13.1. The topological polar surface area (TPSA) is 46.5 Å². The van der Waals surface area contributed by atoms with Crippen LogP contribution >= 0.6 is 0 Å². The van der Waals surface area contributed by atoms with E-state index in [-0.39, 0.29) is 12.1 Å². The SMILES string of the molecule is CCCCCCCC(=O)O[C@@H]1C[Se][Se]C[C@H]1O. The van der Waals surface area contributed by atoms with E-state index in [4.69, 9.17) is 4.74 Å². The number of carbonyl (C=O) groups is 1. The van der Waals surface area contributed by atoms with Crippen LogP contribution in [0.3, 0.4) is 0 Å². The average Bonchev–Trinajstić information content (AvgIpc) is 2.32. The van der Waals surface area contributed by atoms with E-state index in [1.807, 2.05) is 0 Å². The van der Waals surface area contributed by atoms with E-state index in [2.05, 4.69) is 6.92 Å². The van der Waals surface area contributed by atoms with Crippen LogP contribution in [0.1, 0.15) is 45.4 Å². The third kappa shape index (κ3) is 6.83. The number of hydrogen-bond acceptors (Lipinski definition) is 3. The summed E-state index contributed by atoms with van der Waals surface area (Å²) in [6, 6.07) is 0. The molecular weight excluding hydrogens is 350 g/mol. The zero-order valence-corrected chi connectivity index (χ0v) is 13.8. The summed E-state index contributed by atoms with van der Waals surface area (Å²) in [5, 5.41) is 11.5. The summed E-state index contributed by atoms with van der Waals surface area (Å²) in [6.07, 6.45) is 5.65. The number of unbranched alkanes of at least 4 members (excludes halogenated alkanes) is 4. The molecule has 0 aromatic rings. The Morgan fingerprint density at radius 3 is 2.65 bits per heavy atom. The van der Waals surface area contributed by atoms with Crippen LogP contribution in [0.25, 0.3) is 0 Å². The summed E-state index contributed by atoms with van der Waals surface area (Å²) >= 11 is 1.22. The molecule has 1 N–H and O–H groups in total. The zero-order valence-electron chi connectivity index (χ0n) is 10.4. The second kappa shape index (κ2) is 9.41. The molecule has 1 rings (SSSR count). The van der Waals surface area contributed by atoms with Crippen LogP contribution in [-0.2, 0) is 9.53 Å². The van der Waals surface area contributed by atoms with Crippen molar-refractivity contribution in [2.75, 3.05) is 0 Å². The van der Waals surface area contributed by atoms with Gasteiger partial charge in [-0.05, 0) is 0 Å². The minimum absolute atomic E-state index is 0.115. The first kappa shape index (κ1) is 15.5.